The van der Waals surface area contributed by atoms with Gasteiger partial charge in [0, 0.05) is 30.2 Å². The van der Waals surface area contributed by atoms with E-state index in [9.17, 15) is 4.39 Å². The fourth-order valence-corrected chi connectivity index (χ4v) is 3.24. The minimum Gasteiger partial charge on any atom is -0.480 e. The molecule has 0 amide bonds. The van der Waals surface area contributed by atoms with Crippen LogP contribution in [0.25, 0.3) is 22.2 Å². The highest BCUT2D eigenvalue weighted by molar-refractivity contribution is 5.95. The summed E-state index contributed by atoms with van der Waals surface area (Å²) in [6.45, 7) is 4.49. The second kappa shape index (κ2) is 6.96. The molecular formula is C19H20FN5O2. The smallest absolute Gasteiger partial charge is 0.236 e. The number of fused-ring (bicyclic) bond motifs is 1. The predicted octanol–water partition coefficient (Wildman–Crippen LogP) is 2.57. The zero-order valence-corrected chi connectivity index (χ0v) is 15.2. The first-order chi connectivity index (χ1) is 13.1. The molecule has 3 aromatic rings. The minimum atomic E-state index is -0.335. The molecule has 1 aliphatic heterocycles. The monoisotopic (exact) mass is 369 g/mol. The quantitative estimate of drug-likeness (QED) is 0.759. The SMILES string of the molecule is COc1ncc(-c2nc(N3CCOCC3)nc3c(C)cc(F)cc23)cc1N. The van der Waals surface area contributed by atoms with E-state index in [-0.39, 0.29) is 5.82 Å². The van der Waals surface area contributed by atoms with Crippen molar-refractivity contribution in [3.05, 3.63) is 35.8 Å². The number of rotatable bonds is 3. The molecule has 0 radical (unpaired) electrons. The third-order valence-electron chi connectivity index (χ3n) is 4.58. The number of hydrogen-bond acceptors (Lipinski definition) is 7. The van der Waals surface area contributed by atoms with Gasteiger partial charge in [0.05, 0.1) is 37.2 Å². The van der Waals surface area contributed by atoms with Gasteiger partial charge in [0.2, 0.25) is 11.8 Å². The highest BCUT2D eigenvalue weighted by Crippen LogP contribution is 2.33. The molecular weight excluding hydrogens is 349 g/mol. The Balaban J connectivity index is 1.95. The molecule has 0 aliphatic carbocycles. The molecule has 27 heavy (non-hydrogen) atoms. The first kappa shape index (κ1) is 17.4. The zero-order valence-electron chi connectivity index (χ0n) is 15.2. The standard InChI is InChI=1S/C19H20FN5O2/c1-11-7-13(20)9-14-16(11)23-19(25-3-5-27-6-4-25)24-17(14)12-8-15(21)18(26-2)22-10-12/h7-10H,3-6,21H2,1-2H3. The van der Waals surface area contributed by atoms with Crippen LogP contribution in [0.15, 0.2) is 24.4 Å². The van der Waals surface area contributed by atoms with Crippen LogP contribution >= 0.6 is 0 Å². The second-order valence-electron chi connectivity index (χ2n) is 6.41. The van der Waals surface area contributed by atoms with E-state index < -0.39 is 0 Å². The predicted molar refractivity (Wildman–Crippen MR) is 101 cm³/mol. The minimum absolute atomic E-state index is 0.335. The summed E-state index contributed by atoms with van der Waals surface area (Å²) in [7, 11) is 1.51. The Hall–Kier alpha value is -3.00. The summed E-state index contributed by atoms with van der Waals surface area (Å²) >= 11 is 0. The number of anilines is 2. The van der Waals surface area contributed by atoms with Crippen molar-refractivity contribution in [1.29, 1.82) is 0 Å². The molecule has 1 fully saturated rings. The first-order valence-corrected chi connectivity index (χ1v) is 8.67. The van der Waals surface area contributed by atoms with E-state index in [1.807, 2.05) is 6.92 Å². The van der Waals surface area contributed by atoms with Gasteiger partial charge in [-0.1, -0.05) is 0 Å². The fourth-order valence-electron chi connectivity index (χ4n) is 3.24. The van der Waals surface area contributed by atoms with Crippen LogP contribution < -0.4 is 15.4 Å². The van der Waals surface area contributed by atoms with Crippen molar-refractivity contribution in [2.24, 2.45) is 0 Å². The summed E-state index contributed by atoms with van der Waals surface area (Å²) in [6, 6.07) is 4.65. The Morgan fingerprint density at radius 1 is 1.19 bits per heavy atom. The van der Waals surface area contributed by atoms with Gasteiger partial charge in [0.1, 0.15) is 5.82 Å². The third-order valence-corrected chi connectivity index (χ3v) is 4.58. The number of aryl methyl sites for hydroxylation is 1. The summed E-state index contributed by atoms with van der Waals surface area (Å²) in [4.78, 5) is 15.7. The van der Waals surface area contributed by atoms with Gasteiger partial charge >= 0.3 is 0 Å². The van der Waals surface area contributed by atoms with Gasteiger partial charge in [-0.3, -0.25) is 0 Å². The third kappa shape index (κ3) is 3.23. The Kier molecular flexibility index (Phi) is 4.49. The second-order valence-corrected chi connectivity index (χ2v) is 6.41. The summed E-state index contributed by atoms with van der Waals surface area (Å²) in [5, 5.41) is 0.621. The van der Waals surface area contributed by atoms with Crippen LogP contribution in [0.4, 0.5) is 16.0 Å². The van der Waals surface area contributed by atoms with Crippen molar-refractivity contribution in [2.45, 2.75) is 6.92 Å². The van der Waals surface area contributed by atoms with E-state index in [1.54, 1.807) is 12.3 Å². The maximum atomic E-state index is 14.1. The fraction of sp³-hybridized carbons (Fsp3) is 0.316. The molecule has 3 heterocycles. The van der Waals surface area contributed by atoms with E-state index in [2.05, 4.69) is 9.88 Å². The number of nitrogens with two attached hydrogens (primary N) is 1. The molecule has 1 aromatic carbocycles. The van der Waals surface area contributed by atoms with Gasteiger partial charge in [0.25, 0.3) is 0 Å². The van der Waals surface area contributed by atoms with E-state index >= 15 is 0 Å². The molecule has 0 spiro atoms. The van der Waals surface area contributed by atoms with Gasteiger partial charge in [-0.2, -0.15) is 0 Å². The molecule has 2 N–H and O–H groups in total. The van der Waals surface area contributed by atoms with Gasteiger partial charge in [0.15, 0.2) is 0 Å². The molecule has 0 bridgehead atoms. The lowest BCUT2D eigenvalue weighted by molar-refractivity contribution is 0.122. The zero-order chi connectivity index (χ0) is 19.0. The van der Waals surface area contributed by atoms with Gasteiger partial charge in [-0.25, -0.2) is 19.3 Å². The van der Waals surface area contributed by atoms with Gasteiger partial charge < -0.3 is 20.1 Å². The van der Waals surface area contributed by atoms with Crippen LogP contribution in [0.2, 0.25) is 0 Å². The molecule has 1 saturated heterocycles. The molecule has 1 aliphatic rings. The number of nitrogen functional groups attached to an aromatic ring is 1. The average Bonchev–Trinajstić information content (AvgIpc) is 2.68. The normalized spacial score (nSPS) is 14.6. The first-order valence-electron chi connectivity index (χ1n) is 8.67. The maximum absolute atomic E-state index is 14.1. The summed E-state index contributed by atoms with van der Waals surface area (Å²) < 4.78 is 24.7. The van der Waals surface area contributed by atoms with Crippen LogP contribution in [0.3, 0.4) is 0 Å². The number of halogens is 1. The van der Waals surface area contributed by atoms with Crippen LogP contribution in [-0.4, -0.2) is 48.4 Å². The Bertz CT molecular complexity index is 1010. The highest BCUT2D eigenvalue weighted by atomic mass is 19.1. The molecule has 7 nitrogen and oxygen atoms in total. The molecule has 140 valence electrons. The van der Waals surface area contributed by atoms with Gasteiger partial charge in [-0.05, 0) is 30.7 Å². The molecule has 0 saturated carbocycles. The average molecular weight is 369 g/mol. The van der Waals surface area contributed by atoms with E-state index in [0.29, 0.717) is 66.0 Å². The lowest BCUT2D eigenvalue weighted by Gasteiger charge is -2.27. The Morgan fingerprint density at radius 2 is 1.96 bits per heavy atom. The number of benzene rings is 1. The lowest BCUT2D eigenvalue weighted by Crippen LogP contribution is -2.37. The number of ether oxygens (including phenoxy) is 2. The Morgan fingerprint density at radius 3 is 2.67 bits per heavy atom. The number of hydrogen-bond donors (Lipinski definition) is 1. The number of methoxy groups -OCH3 is 1. The van der Waals surface area contributed by atoms with Crippen LogP contribution in [0, 0.1) is 12.7 Å². The number of morpholine rings is 1. The van der Waals surface area contributed by atoms with Crippen molar-refractivity contribution in [1.82, 2.24) is 15.0 Å². The van der Waals surface area contributed by atoms with Crippen molar-refractivity contribution >= 4 is 22.5 Å². The highest BCUT2D eigenvalue weighted by Gasteiger charge is 2.19. The molecule has 4 rings (SSSR count). The van der Waals surface area contributed by atoms with E-state index in [1.165, 1.54) is 19.2 Å². The van der Waals surface area contributed by atoms with Gasteiger partial charge in [-0.15, -0.1) is 0 Å². The summed E-state index contributed by atoms with van der Waals surface area (Å²) in [5.41, 5.74) is 9.14. The van der Waals surface area contributed by atoms with E-state index in [4.69, 9.17) is 25.2 Å². The topological polar surface area (TPSA) is 86.4 Å². The van der Waals surface area contributed by atoms with Crippen LogP contribution in [0.5, 0.6) is 5.88 Å². The number of aromatic nitrogens is 3. The lowest BCUT2D eigenvalue weighted by atomic mass is 10.0. The number of pyridine rings is 1. The molecule has 0 atom stereocenters. The van der Waals surface area contributed by atoms with Crippen LogP contribution in [0.1, 0.15) is 5.56 Å². The molecule has 8 heteroatoms. The number of nitrogens with zero attached hydrogens (tertiary/aromatic N) is 4. The molecule has 0 unspecified atom stereocenters. The summed E-state index contributed by atoms with van der Waals surface area (Å²) in [5.74, 6) is 0.594. The summed E-state index contributed by atoms with van der Waals surface area (Å²) in [6.07, 6.45) is 1.63. The van der Waals surface area contributed by atoms with Crippen molar-refractivity contribution in [2.75, 3.05) is 44.0 Å². The Labute approximate surface area is 156 Å². The maximum Gasteiger partial charge on any atom is 0.236 e. The molecule has 2 aromatic heterocycles. The van der Waals surface area contributed by atoms with Crippen LogP contribution in [-0.2, 0) is 4.74 Å². The van der Waals surface area contributed by atoms with E-state index in [0.717, 1.165) is 5.56 Å². The van der Waals surface area contributed by atoms with Crippen molar-refractivity contribution in [3.8, 4) is 17.1 Å². The van der Waals surface area contributed by atoms with Crippen molar-refractivity contribution in [3.63, 3.8) is 0 Å². The van der Waals surface area contributed by atoms with Crippen molar-refractivity contribution < 1.29 is 13.9 Å². The largest absolute Gasteiger partial charge is 0.480 e.